The van der Waals surface area contributed by atoms with Crippen LogP contribution < -0.4 is 16.4 Å². The molecule has 0 saturated carbocycles. The summed E-state index contributed by atoms with van der Waals surface area (Å²) in [7, 11) is 0. The van der Waals surface area contributed by atoms with E-state index in [4.69, 9.17) is 5.73 Å². The first-order valence-electron chi connectivity index (χ1n) is 5.73. The Morgan fingerprint density at radius 3 is 2.69 bits per heavy atom. The molecule has 0 radical (unpaired) electrons. The van der Waals surface area contributed by atoms with Crippen LogP contribution in [0.15, 0.2) is 28.7 Å². The monoisotopic (exact) mass is 285 g/mol. The van der Waals surface area contributed by atoms with E-state index in [0.29, 0.717) is 0 Å². The van der Waals surface area contributed by atoms with Gasteiger partial charge in [-0.05, 0) is 50.7 Å². The van der Waals surface area contributed by atoms with Gasteiger partial charge < -0.3 is 16.4 Å². The summed E-state index contributed by atoms with van der Waals surface area (Å²) in [4.78, 5) is 0. The Morgan fingerprint density at radius 1 is 1.12 bits per heavy atom. The largest absolute Gasteiger partial charge is 0.385 e. The molecule has 0 amide bonds. The third-order valence-electron chi connectivity index (χ3n) is 2.24. The molecule has 0 heterocycles. The molecule has 4 heteroatoms. The summed E-state index contributed by atoms with van der Waals surface area (Å²) in [5, 5.41) is 6.74. The van der Waals surface area contributed by atoms with Gasteiger partial charge in [-0.2, -0.15) is 0 Å². The molecule has 0 spiro atoms. The fraction of sp³-hybridized carbons (Fsp3) is 0.500. The molecule has 0 aliphatic carbocycles. The average molecular weight is 286 g/mol. The highest BCUT2D eigenvalue weighted by molar-refractivity contribution is 9.10. The molecule has 0 bridgehead atoms. The van der Waals surface area contributed by atoms with Crippen molar-refractivity contribution in [2.45, 2.75) is 12.8 Å². The number of hydrogen-bond donors (Lipinski definition) is 3. The van der Waals surface area contributed by atoms with Gasteiger partial charge in [-0.25, -0.2) is 0 Å². The zero-order chi connectivity index (χ0) is 11.6. The third kappa shape index (κ3) is 6.10. The minimum atomic E-state index is 0.767. The van der Waals surface area contributed by atoms with E-state index in [1.165, 1.54) is 0 Å². The average Bonchev–Trinajstić information content (AvgIpc) is 2.28. The van der Waals surface area contributed by atoms with E-state index in [1.807, 2.05) is 12.1 Å². The highest BCUT2D eigenvalue weighted by Gasteiger charge is 1.92. The first-order valence-corrected chi connectivity index (χ1v) is 6.52. The summed E-state index contributed by atoms with van der Waals surface area (Å²) in [6.45, 7) is 3.82. The van der Waals surface area contributed by atoms with Crippen molar-refractivity contribution in [2.75, 3.05) is 31.5 Å². The van der Waals surface area contributed by atoms with Crippen LogP contribution in [-0.4, -0.2) is 26.2 Å². The maximum Gasteiger partial charge on any atom is 0.0351 e. The Morgan fingerprint density at radius 2 is 1.94 bits per heavy atom. The molecular formula is C12H20BrN3. The lowest BCUT2D eigenvalue weighted by molar-refractivity contribution is 0.637. The molecule has 0 atom stereocenters. The lowest BCUT2D eigenvalue weighted by Gasteiger charge is -2.07. The summed E-state index contributed by atoms with van der Waals surface area (Å²) in [5.41, 5.74) is 6.57. The van der Waals surface area contributed by atoms with Gasteiger partial charge in [0.15, 0.2) is 0 Å². The fourth-order valence-corrected chi connectivity index (χ4v) is 1.80. The molecule has 0 aliphatic heterocycles. The zero-order valence-corrected chi connectivity index (χ0v) is 11.1. The molecule has 0 aromatic heterocycles. The number of benzene rings is 1. The number of rotatable bonds is 8. The van der Waals surface area contributed by atoms with Gasteiger partial charge in [0.05, 0.1) is 0 Å². The summed E-state index contributed by atoms with van der Waals surface area (Å²) in [6.07, 6.45) is 2.18. The zero-order valence-electron chi connectivity index (χ0n) is 9.51. The van der Waals surface area contributed by atoms with Crippen LogP contribution in [0.5, 0.6) is 0 Å². The quantitative estimate of drug-likeness (QED) is 0.642. The molecule has 16 heavy (non-hydrogen) atoms. The topological polar surface area (TPSA) is 50.1 Å². The van der Waals surface area contributed by atoms with Crippen molar-refractivity contribution in [1.29, 1.82) is 0 Å². The molecular weight excluding hydrogens is 266 g/mol. The van der Waals surface area contributed by atoms with E-state index in [0.717, 1.165) is 49.2 Å². The summed E-state index contributed by atoms with van der Waals surface area (Å²) in [5.74, 6) is 0. The number of hydrogen-bond acceptors (Lipinski definition) is 3. The molecule has 0 aliphatic rings. The van der Waals surface area contributed by atoms with Crippen LogP contribution in [0.4, 0.5) is 5.69 Å². The van der Waals surface area contributed by atoms with Gasteiger partial charge in [0.25, 0.3) is 0 Å². The SMILES string of the molecule is NCCCNCCCNc1cccc(Br)c1. The van der Waals surface area contributed by atoms with Crippen LogP contribution in [0.2, 0.25) is 0 Å². The first kappa shape index (κ1) is 13.5. The van der Waals surface area contributed by atoms with Crippen molar-refractivity contribution in [1.82, 2.24) is 5.32 Å². The van der Waals surface area contributed by atoms with E-state index < -0.39 is 0 Å². The van der Waals surface area contributed by atoms with Crippen LogP contribution >= 0.6 is 15.9 Å². The van der Waals surface area contributed by atoms with Crippen LogP contribution in [0, 0.1) is 0 Å². The van der Waals surface area contributed by atoms with Crippen molar-refractivity contribution >= 4 is 21.6 Å². The van der Waals surface area contributed by atoms with Crippen LogP contribution in [-0.2, 0) is 0 Å². The second-order valence-corrected chi connectivity index (χ2v) is 4.60. The van der Waals surface area contributed by atoms with Crippen LogP contribution in [0.3, 0.4) is 0 Å². The Kier molecular flexibility index (Phi) is 7.21. The van der Waals surface area contributed by atoms with E-state index in [1.54, 1.807) is 0 Å². The molecule has 0 fully saturated rings. The molecule has 0 unspecified atom stereocenters. The molecule has 90 valence electrons. The predicted octanol–water partition coefficient (Wildman–Crippen LogP) is 2.19. The smallest absolute Gasteiger partial charge is 0.0351 e. The molecule has 0 saturated heterocycles. The van der Waals surface area contributed by atoms with Crippen molar-refractivity contribution in [3.05, 3.63) is 28.7 Å². The van der Waals surface area contributed by atoms with Crippen molar-refractivity contribution in [3.8, 4) is 0 Å². The minimum absolute atomic E-state index is 0.767. The second kappa shape index (κ2) is 8.56. The Balaban J connectivity index is 2.03. The third-order valence-corrected chi connectivity index (χ3v) is 2.74. The first-order chi connectivity index (χ1) is 7.83. The van der Waals surface area contributed by atoms with Crippen LogP contribution in [0.1, 0.15) is 12.8 Å². The van der Waals surface area contributed by atoms with E-state index >= 15 is 0 Å². The van der Waals surface area contributed by atoms with Gasteiger partial charge in [-0.3, -0.25) is 0 Å². The van der Waals surface area contributed by atoms with Gasteiger partial charge in [0, 0.05) is 16.7 Å². The number of anilines is 1. The normalized spacial score (nSPS) is 10.4. The highest BCUT2D eigenvalue weighted by Crippen LogP contribution is 2.15. The van der Waals surface area contributed by atoms with Crippen molar-refractivity contribution in [2.24, 2.45) is 5.73 Å². The molecule has 1 aromatic rings. The van der Waals surface area contributed by atoms with E-state index in [2.05, 4.69) is 38.7 Å². The Bertz CT molecular complexity index is 291. The molecule has 4 N–H and O–H groups in total. The molecule has 3 nitrogen and oxygen atoms in total. The lowest BCUT2D eigenvalue weighted by Crippen LogP contribution is -2.21. The summed E-state index contributed by atoms with van der Waals surface area (Å²) < 4.78 is 1.11. The molecule has 1 aromatic carbocycles. The number of halogens is 1. The maximum absolute atomic E-state index is 5.40. The summed E-state index contributed by atoms with van der Waals surface area (Å²) in [6, 6.07) is 8.22. The van der Waals surface area contributed by atoms with Gasteiger partial charge in [-0.1, -0.05) is 22.0 Å². The summed E-state index contributed by atoms with van der Waals surface area (Å²) >= 11 is 3.45. The minimum Gasteiger partial charge on any atom is -0.385 e. The maximum atomic E-state index is 5.40. The fourth-order valence-electron chi connectivity index (χ4n) is 1.40. The lowest BCUT2D eigenvalue weighted by atomic mass is 10.3. The Labute approximate surface area is 106 Å². The van der Waals surface area contributed by atoms with Gasteiger partial charge in [0.1, 0.15) is 0 Å². The number of nitrogens with two attached hydrogens (primary N) is 1. The van der Waals surface area contributed by atoms with E-state index in [-0.39, 0.29) is 0 Å². The van der Waals surface area contributed by atoms with Gasteiger partial charge >= 0.3 is 0 Å². The van der Waals surface area contributed by atoms with E-state index in [9.17, 15) is 0 Å². The predicted molar refractivity (Wildman–Crippen MR) is 73.8 cm³/mol. The number of nitrogens with one attached hydrogen (secondary N) is 2. The van der Waals surface area contributed by atoms with Crippen molar-refractivity contribution < 1.29 is 0 Å². The van der Waals surface area contributed by atoms with Crippen LogP contribution in [0.25, 0.3) is 0 Å². The highest BCUT2D eigenvalue weighted by atomic mass is 79.9. The van der Waals surface area contributed by atoms with Gasteiger partial charge in [-0.15, -0.1) is 0 Å². The van der Waals surface area contributed by atoms with Crippen molar-refractivity contribution in [3.63, 3.8) is 0 Å². The standard InChI is InChI=1S/C12H20BrN3/c13-11-4-1-5-12(10-11)16-9-3-8-15-7-2-6-14/h1,4-5,10,15-16H,2-3,6-9,14H2. The Hall–Kier alpha value is -0.580. The molecule has 1 rings (SSSR count). The van der Waals surface area contributed by atoms with Gasteiger partial charge in [0.2, 0.25) is 0 Å². The second-order valence-electron chi connectivity index (χ2n) is 3.68.